The van der Waals surface area contributed by atoms with Gasteiger partial charge in [-0.2, -0.15) is 0 Å². The fourth-order valence-electron chi connectivity index (χ4n) is 1.62. The SMILES string of the molecule is FCCN1OC=C(Cl)C1c1ccc(F)cc1. The Morgan fingerprint density at radius 3 is 2.62 bits per heavy atom. The summed E-state index contributed by atoms with van der Waals surface area (Å²) in [5, 5.41) is 1.88. The molecule has 16 heavy (non-hydrogen) atoms. The average Bonchev–Trinajstić information content (AvgIpc) is 2.62. The van der Waals surface area contributed by atoms with Crippen LogP contribution >= 0.6 is 11.6 Å². The Labute approximate surface area is 97.0 Å². The molecular weight excluding hydrogens is 236 g/mol. The highest BCUT2D eigenvalue weighted by Gasteiger charge is 2.29. The van der Waals surface area contributed by atoms with Gasteiger partial charge in [0, 0.05) is 0 Å². The van der Waals surface area contributed by atoms with Crippen LogP contribution in [0.3, 0.4) is 0 Å². The maximum absolute atomic E-state index is 12.8. The zero-order valence-corrected chi connectivity index (χ0v) is 9.12. The van der Waals surface area contributed by atoms with E-state index in [4.69, 9.17) is 16.4 Å². The third-order valence-electron chi connectivity index (χ3n) is 2.34. The van der Waals surface area contributed by atoms with Gasteiger partial charge in [-0.15, -0.1) is 5.06 Å². The zero-order chi connectivity index (χ0) is 11.5. The first-order valence-corrected chi connectivity index (χ1v) is 5.20. The van der Waals surface area contributed by atoms with Gasteiger partial charge in [0.15, 0.2) is 0 Å². The Hall–Kier alpha value is -1.13. The highest BCUT2D eigenvalue weighted by atomic mass is 35.5. The molecule has 0 aliphatic carbocycles. The van der Waals surface area contributed by atoms with Crippen molar-refractivity contribution >= 4 is 11.6 Å². The van der Waals surface area contributed by atoms with Crippen molar-refractivity contribution in [3.63, 3.8) is 0 Å². The summed E-state index contributed by atoms with van der Waals surface area (Å²) in [7, 11) is 0. The lowest BCUT2D eigenvalue weighted by Crippen LogP contribution is -2.25. The van der Waals surface area contributed by atoms with Crippen molar-refractivity contribution in [1.82, 2.24) is 5.06 Å². The summed E-state index contributed by atoms with van der Waals surface area (Å²) >= 11 is 5.96. The molecule has 0 saturated heterocycles. The first kappa shape index (κ1) is 11.4. The zero-order valence-electron chi connectivity index (χ0n) is 8.37. The lowest BCUT2D eigenvalue weighted by atomic mass is 10.1. The highest BCUT2D eigenvalue weighted by Crippen LogP contribution is 2.35. The Kier molecular flexibility index (Phi) is 3.41. The second-order valence-electron chi connectivity index (χ2n) is 3.39. The summed E-state index contributed by atoms with van der Waals surface area (Å²) in [6.45, 7) is -0.412. The number of hydrogen-bond donors (Lipinski definition) is 0. The van der Waals surface area contributed by atoms with E-state index in [0.29, 0.717) is 5.03 Å². The van der Waals surface area contributed by atoms with E-state index in [2.05, 4.69) is 0 Å². The van der Waals surface area contributed by atoms with Gasteiger partial charge in [0.1, 0.15) is 24.8 Å². The van der Waals surface area contributed by atoms with Crippen LogP contribution < -0.4 is 0 Å². The van der Waals surface area contributed by atoms with Gasteiger partial charge in [-0.05, 0) is 17.7 Å². The molecule has 0 N–H and O–H groups in total. The number of nitrogens with zero attached hydrogens (tertiary/aromatic N) is 1. The van der Waals surface area contributed by atoms with Gasteiger partial charge < -0.3 is 4.84 Å². The maximum Gasteiger partial charge on any atom is 0.128 e. The van der Waals surface area contributed by atoms with Crippen molar-refractivity contribution in [2.24, 2.45) is 0 Å². The molecule has 2 rings (SSSR count). The molecule has 1 unspecified atom stereocenters. The van der Waals surface area contributed by atoms with Gasteiger partial charge in [-0.1, -0.05) is 23.7 Å². The normalized spacial score (nSPS) is 20.7. The maximum atomic E-state index is 12.8. The van der Waals surface area contributed by atoms with E-state index < -0.39 is 6.67 Å². The molecule has 1 aliphatic heterocycles. The third kappa shape index (κ3) is 2.18. The molecule has 0 fully saturated rings. The lowest BCUT2D eigenvalue weighted by molar-refractivity contribution is -0.108. The topological polar surface area (TPSA) is 12.5 Å². The molecule has 0 bridgehead atoms. The largest absolute Gasteiger partial charge is 0.411 e. The van der Waals surface area contributed by atoms with E-state index in [1.54, 1.807) is 12.1 Å². The van der Waals surface area contributed by atoms with Gasteiger partial charge in [-0.3, -0.25) is 0 Å². The van der Waals surface area contributed by atoms with Crippen LogP contribution in [0, 0.1) is 5.82 Å². The van der Waals surface area contributed by atoms with Crippen molar-refractivity contribution in [3.05, 3.63) is 46.9 Å². The lowest BCUT2D eigenvalue weighted by Gasteiger charge is -2.22. The van der Waals surface area contributed by atoms with Crippen molar-refractivity contribution in [1.29, 1.82) is 0 Å². The fourth-order valence-corrected chi connectivity index (χ4v) is 1.89. The van der Waals surface area contributed by atoms with E-state index >= 15 is 0 Å². The molecule has 2 nitrogen and oxygen atoms in total. The summed E-state index contributed by atoms with van der Waals surface area (Å²) in [5.41, 5.74) is 0.772. The Morgan fingerprint density at radius 1 is 1.31 bits per heavy atom. The monoisotopic (exact) mass is 245 g/mol. The molecule has 0 amide bonds. The molecule has 1 atom stereocenters. The predicted octanol–water partition coefficient (Wildman–Crippen LogP) is 3.16. The van der Waals surface area contributed by atoms with Crippen LogP contribution in [0.1, 0.15) is 11.6 Å². The Morgan fingerprint density at radius 2 is 2.00 bits per heavy atom. The molecule has 0 aromatic heterocycles. The highest BCUT2D eigenvalue weighted by molar-refractivity contribution is 6.30. The summed E-state index contributed by atoms with van der Waals surface area (Å²) < 4.78 is 25.0. The van der Waals surface area contributed by atoms with Crippen LogP contribution in [0.5, 0.6) is 0 Å². The number of alkyl halides is 1. The predicted molar refractivity (Wildman–Crippen MR) is 56.8 cm³/mol. The Balaban J connectivity index is 2.23. The van der Waals surface area contributed by atoms with E-state index in [9.17, 15) is 8.78 Å². The van der Waals surface area contributed by atoms with Crippen LogP contribution in [0.25, 0.3) is 0 Å². The van der Waals surface area contributed by atoms with Crippen LogP contribution in [-0.4, -0.2) is 18.3 Å². The van der Waals surface area contributed by atoms with Gasteiger partial charge >= 0.3 is 0 Å². The van der Waals surface area contributed by atoms with Crippen LogP contribution in [-0.2, 0) is 4.84 Å². The molecule has 5 heteroatoms. The van der Waals surface area contributed by atoms with Crippen molar-refractivity contribution in [2.45, 2.75) is 6.04 Å². The van der Waals surface area contributed by atoms with E-state index in [1.165, 1.54) is 23.5 Å². The molecule has 1 aromatic carbocycles. The first-order chi connectivity index (χ1) is 7.72. The van der Waals surface area contributed by atoms with Gasteiger partial charge in [0.05, 0.1) is 11.6 Å². The van der Waals surface area contributed by atoms with E-state index in [-0.39, 0.29) is 18.4 Å². The number of benzene rings is 1. The summed E-state index contributed by atoms with van der Waals surface area (Å²) in [6.07, 6.45) is 1.37. The second kappa shape index (κ2) is 4.80. The van der Waals surface area contributed by atoms with Gasteiger partial charge in [-0.25, -0.2) is 8.78 Å². The van der Waals surface area contributed by atoms with Crippen LogP contribution in [0.4, 0.5) is 8.78 Å². The van der Waals surface area contributed by atoms with Crippen LogP contribution in [0.15, 0.2) is 35.6 Å². The molecule has 0 saturated carbocycles. The average molecular weight is 246 g/mol. The van der Waals surface area contributed by atoms with Crippen molar-refractivity contribution < 1.29 is 13.6 Å². The van der Waals surface area contributed by atoms with E-state index in [1.807, 2.05) is 0 Å². The first-order valence-electron chi connectivity index (χ1n) is 4.83. The van der Waals surface area contributed by atoms with Crippen molar-refractivity contribution in [2.75, 3.05) is 13.2 Å². The minimum absolute atomic E-state index is 0.120. The van der Waals surface area contributed by atoms with E-state index in [0.717, 1.165) is 5.56 Å². The molecule has 0 spiro atoms. The fraction of sp³-hybridized carbons (Fsp3) is 0.273. The molecule has 1 heterocycles. The second-order valence-corrected chi connectivity index (χ2v) is 3.83. The van der Waals surface area contributed by atoms with Gasteiger partial charge in [0.2, 0.25) is 0 Å². The molecule has 1 aromatic rings. The number of rotatable bonds is 3. The minimum atomic E-state index is -0.532. The number of halogens is 3. The summed E-state index contributed by atoms with van der Waals surface area (Å²) in [5.74, 6) is -0.320. The summed E-state index contributed by atoms with van der Waals surface area (Å²) in [4.78, 5) is 5.11. The smallest absolute Gasteiger partial charge is 0.128 e. The molecule has 86 valence electrons. The van der Waals surface area contributed by atoms with Crippen LogP contribution in [0.2, 0.25) is 0 Å². The molecule has 1 aliphatic rings. The van der Waals surface area contributed by atoms with Crippen molar-refractivity contribution in [3.8, 4) is 0 Å². The third-order valence-corrected chi connectivity index (χ3v) is 2.64. The molecule has 0 radical (unpaired) electrons. The number of hydroxylamine groups is 2. The quantitative estimate of drug-likeness (QED) is 0.811. The summed E-state index contributed by atoms with van der Waals surface area (Å²) in [6, 6.07) is 5.54. The molecular formula is C11H10ClF2NO. The standard InChI is InChI=1S/C11H10ClF2NO/c12-10-7-16-15(6-5-13)11(10)8-1-3-9(14)4-2-8/h1-4,7,11H,5-6H2. The Bertz CT molecular complexity index is 393. The number of hydrogen-bond acceptors (Lipinski definition) is 2. The van der Waals surface area contributed by atoms with Gasteiger partial charge in [0.25, 0.3) is 0 Å². The minimum Gasteiger partial charge on any atom is -0.411 e.